The van der Waals surface area contributed by atoms with Gasteiger partial charge in [0.2, 0.25) is 10.0 Å². The number of rotatable bonds is 4. The molecule has 22 heavy (non-hydrogen) atoms. The summed E-state index contributed by atoms with van der Waals surface area (Å²) >= 11 is 0. The van der Waals surface area contributed by atoms with Gasteiger partial charge in [-0.1, -0.05) is 32.9 Å². The molecule has 1 aromatic heterocycles. The molecule has 0 aliphatic rings. The molecule has 0 bridgehead atoms. The summed E-state index contributed by atoms with van der Waals surface area (Å²) in [6.45, 7) is 6.75. The summed E-state index contributed by atoms with van der Waals surface area (Å²) in [6.07, 6.45) is 1.70. The molecule has 2 rings (SSSR count). The highest BCUT2D eigenvalue weighted by Crippen LogP contribution is 2.18. The molecule has 7 heteroatoms. The highest BCUT2D eigenvalue weighted by molar-refractivity contribution is 7.89. The third-order valence-corrected chi connectivity index (χ3v) is 5.08. The Morgan fingerprint density at radius 3 is 2.18 bits per heavy atom. The van der Waals surface area contributed by atoms with Crippen LogP contribution in [0.4, 0.5) is 0 Å². The summed E-state index contributed by atoms with van der Waals surface area (Å²) in [5, 5.41) is 4.46. The topological polar surface area (TPSA) is 68.1 Å². The van der Waals surface area contributed by atoms with Gasteiger partial charge >= 0.3 is 0 Å². The maximum absolute atomic E-state index is 12.0. The second kappa shape index (κ2) is 5.81. The van der Waals surface area contributed by atoms with E-state index in [0.29, 0.717) is 6.54 Å². The Hall–Kier alpha value is -1.73. The van der Waals surface area contributed by atoms with Crippen LogP contribution in [-0.4, -0.2) is 41.6 Å². The van der Waals surface area contributed by atoms with Crippen molar-refractivity contribution < 1.29 is 8.42 Å². The smallest absolute Gasteiger partial charge is 0.242 e. The Balaban J connectivity index is 2.17. The SMILES string of the molecule is CN(C)S(=O)(=O)c1ccc(Cn2cnc(C(C)(C)C)n2)cc1. The number of nitrogens with zero attached hydrogens (tertiary/aromatic N) is 4. The standard InChI is InChI=1S/C15H22N4O2S/c1-15(2,3)14-16-11-19(17-14)10-12-6-8-13(9-7-12)22(20,21)18(4)5/h6-9,11H,10H2,1-5H3. The fourth-order valence-corrected chi connectivity index (χ4v) is 2.78. The van der Waals surface area contributed by atoms with Gasteiger partial charge in [-0.2, -0.15) is 5.10 Å². The molecule has 0 saturated carbocycles. The van der Waals surface area contributed by atoms with Gasteiger partial charge in [-0.3, -0.25) is 0 Å². The van der Waals surface area contributed by atoms with Crippen molar-refractivity contribution in [3.05, 3.63) is 42.0 Å². The minimum absolute atomic E-state index is 0.0884. The predicted octanol–water partition coefficient (Wildman–Crippen LogP) is 1.87. The lowest BCUT2D eigenvalue weighted by atomic mass is 9.96. The number of benzene rings is 1. The molecule has 6 nitrogen and oxygen atoms in total. The maximum Gasteiger partial charge on any atom is 0.242 e. The second-order valence-electron chi connectivity index (χ2n) is 6.45. The van der Waals surface area contributed by atoms with Crippen molar-refractivity contribution in [3.63, 3.8) is 0 Å². The average Bonchev–Trinajstić information content (AvgIpc) is 2.87. The first-order valence-corrected chi connectivity index (χ1v) is 8.46. The van der Waals surface area contributed by atoms with Crippen molar-refractivity contribution >= 4 is 10.0 Å². The molecule has 0 aliphatic carbocycles. The lowest BCUT2D eigenvalue weighted by Gasteiger charge is -2.12. The fraction of sp³-hybridized carbons (Fsp3) is 0.467. The normalized spacial score (nSPS) is 12.8. The molecule has 0 unspecified atom stereocenters. The van der Waals surface area contributed by atoms with Crippen LogP contribution in [0.1, 0.15) is 32.2 Å². The van der Waals surface area contributed by atoms with E-state index >= 15 is 0 Å². The van der Waals surface area contributed by atoms with Crippen LogP contribution in [0.15, 0.2) is 35.5 Å². The number of aromatic nitrogens is 3. The predicted molar refractivity (Wildman–Crippen MR) is 85.1 cm³/mol. The third kappa shape index (κ3) is 3.53. The van der Waals surface area contributed by atoms with Crippen molar-refractivity contribution in [3.8, 4) is 0 Å². The zero-order valence-corrected chi connectivity index (χ0v) is 14.4. The van der Waals surface area contributed by atoms with E-state index in [0.717, 1.165) is 11.4 Å². The number of hydrogen-bond donors (Lipinski definition) is 0. The largest absolute Gasteiger partial charge is 0.248 e. The van der Waals surface area contributed by atoms with E-state index in [-0.39, 0.29) is 10.3 Å². The van der Waals surface area contributed by atoms with E-state index in [4.69, 9.17) is 0 Å². The Kier molecular flexibility index (Phi) is 4.39. The molecule has 1 aromatic carbocycles. The summed E-state index contributed by atoms with van der Waals surface area (Å²) in [5.74, 6) is 0.791. The van der Waals surface area contributed by atoms with Crippen LogP contribution < -0.4 is 0 Å². The summed E-state index contributed by atoms with van der Waals surface area (Å²) < 4.78 is 27.0. The Morgan fingerprint density at radius 2 is 1.73 bits per heavy atom. The summed E-state index contributed by atoms with van der Waals surface area (Å²) in [5.41, 5.74) is 0.887. The van der Waals surface area contributed by atoms with Gasteiger partial charge in [-0.15, -0.1) is 0 Å². The molecule has 1 heterocycles. The van der Waals surface area contributed by atoms with Crippen LogP contribution in [0.25, 0.3) is 0 Å². The monoisotopic (exact) mass is 322 g/mol. The third-order valence-electron chi connectivity index (χ3n) is 3.25. The molecule has 0 aliphatic heterocycles. The van der Waals surface area contributed by atoms with Gasteiger partial charge < -0.3 is 0 Å². The first-order valence-electron chi connectivity index (χ1n) is 7.02. The number of sulfonamides is 1. The van der Waals surface area contributed by atoms with Gasteiger partial charge in [-0.05, 0) is 17.7 Å². The second-order valence-corrected chi connectivity index (χ2v) is 8.60. The van der Waals surface area contributed by atoms with Gasteiger partial charge in [0.1, 0.15) is 6.33 Å². The van der Waals surface area contributed by atoms with Gasteiger partial charge in [0.25, 0.3) is 0 Å². The molecular weight excluding hydrogens is 300 g/mol. The molecule has 120 valence electrons. The molecule has 0 spiro atoms. The van der Waals surface area contributed by atoms with Crippen LogP contribution >= 0.6 is 0 Å². The Morgan fingerprint density at radius 1 is 1.14 bits per heavy atom. The van der Waals surface area contributed by atoms with Crippen LogP contribution in [0.3, 0.4) is 0 Å². The highest BCUT2D eigenvalue weighted by Gasteiger charge is 2.19. The molecule has 0 fully saturated rings. The van der Waals surface area contributed by atoms with Crippen molar-refractivity contribution in [1.29, 1.82) is 0 Å². The van der Waals surface area contributed by atoms with Crippen molar-refractivity contribution in [2.45, 2.75) is 37.6 Å². The first-order chi connectivity index (χ1) is 10.1. The molecule has 0 radical (unpaired) electrons. The lowest BCUT2D eigenvalue weighted by Crippen LogP contribution is -2.22. The minimum atomic E-state index is -3.38. The molecule has 0 N–H and O–H groups in total. The molecular formula is C15H22N4O2S. The van der Waals surface area contributed by atoms with E-state index in [1.54, 1.807) is 35.3 Å². The first kappa shape index (κ1) is 16.6. The van der Waals surface area contributed by atoms with Crippen LogP contribution in [0, 0.1) is 0 Å². The summed E-state index contributed by atoms with van der Waals surface area (Å²) in [6, 6.07) is 6.84. The fourth-order valence-electron chi connectivity index (χ4n) is 1.88. The van der Waals surface area contributed by atoms with Gasteiger partial charge in [0.05, 0.1) is 11.4 Å². The highest BCUT2D eigenvalue weighted by atomic mass is 32.2. The zero-order chi connectivity index (χ0) is 16.5. The van der Waals surface area contributed by atoms with E-state index in [2.05, 4.69) is 30.9 Å². The molecule has 0 saturated heterocycles. The average molecular weight is 322 g/mol. The van der Waals surface area contributed by atoms with Gasteiger partial charge in [0.15, 0.2) is 5.82 Å². The van der Waals surface area contributed by atoms with Gasteiger partial charge in [-0.25, -0.2) is 22.4 Å². The summed E-state index contributed by atoms with van der Waals surface area (Å²) in [4.78, 5) is 4.60. The molecule has 0 atom stereocenters. The van der Waals surface area contributed by atoms with E-state index in [1.165, 1.54) is 18.4 Å². The lowest BCUT2D eigenvalue weighted by molar-refractivity contribution is 0.520. The van der Waals surface area contributed by atoms with Crippen LogP contribution in [-0.2, 0) is 22.0 Å². The summed E-state index contributed by atoms with van der Waals surface area (Å²) in [7, 11) is -0.342. The van der Waals surface area contributed by atoms with Crippen molar-refractivity contribution in [2.75, 3.05) is 14.1 Å². The van der Waals surface area contributed by atoms with E-state index in [1.807, 2.05) is 0 Å². The molecule has 0 amide bonds. The van der Waals surface area contributed by atoms with E-state index < -0.39 is 10.0 Å². The minimum Gasteiger partial charge on any atom is -0.248 e. The van der Waals surface area contributed by atoms with Crippen LogP contribution in [0.2, 0.25) is 0 Å². The maximum atomic E-state index is 12.0. The molecule has 2 aromatic rings. The zero-order valence-electron chi connectivity index (χ0n) is 13.6. The van der Waals surface area contributed by atoms with Gasteiger partial charge in [0, 0.05) is 19.5 Å². The van der Waals surface area contributed by atoms with Crippen LogP contribution in [0.5, 0.6) is 0 Å². The van der Waals surface area contributed by atoms with Crippen molar-refractivity contribution in [1.82, 2.24) is 19.1 Å². The van der Waals surface area contributed by atoms with Crippen molar-refractivity contribution in [2.24, 2.45) is 0 Å². The Labute approximate surface area is 131 Å². The van der Waals surface area contributed by atoms with E-state index in [9.17, 15) is 8.42 Å². The quantitative estimate of drug-likeness (QED) is 0.862. The Bertz CT molecular complexity index is 741. The number of hydrogen-bond acceptors (Lipinski definition) is 4.